The lowest BCUT2D eigenvalue weighted by molar-refractivity contribution is 0.0946. The van der Waals surface area contributed by atoms with Gasteiger partial charge in [-0.1, -0.05) is 55.7 Å². The normalized spacial score (nSPS) is 11.1. The monoisotopic (exact) mass is 680 g/mol. The van der Waals surface area contributed by atoms with Crippen molar-refractivity contribution in [1.29, 1.82) is 0 Å². The highest BCUT2D eigenvalue weighted by molar-refractivity contribution is 6.09. The number of hydrogen-bond acceptors (Lipinski definition) is 6. The van der Waals surface area contributed by atoms with Crippen LogP contribution < -0.4 is 20.1 Å². The zero-order valence-corrected chi connectivity index (χ0v) is 29.7. The molecule has 260 valence electrons. The molecule has 0 radical (unpaired) electrons. The average molecular weight is 681 g/mol. The number of benzene rings is 4. The number of aromatic nitrogens is 2. The first-order valence-corrected chi connectivity index (χ1v) is 17.5. The van der Waals surface area contributed by atoms with E-state index in [-0.39, 0.29) is 11.8 Å². The van der Waals surface area contributed by atoms with Gasteiger partial charge in [0.1, 0.15) is 11.5 Å². The Morgan fingerprint density at radius 2 is 0.902 bits per heavy atom. The topological polar surface area (TPSA) is 102 Å². The predicted molar refractivity (Wildman–Crippen MR) is 205 cm³/mol. The number of pyridine rings is 2. The number of hydrogen-bond donors (Lipinski definition) is 2. The lowest BCUT2D eigenvalue weighted by atomic mass is 9.97. The van der Waals surface area contributed by atoms with Crippen LogP contribution in [-0.4, -0.2) is 49.1 Å². The second-order valence-electron chi connectivity index (χ2n) is 12.7. The predicted octanol–water partition coefficient (Wildman–Crippen LogP) is 8.86. The summed E-state index contributed by atoms with van der Waals surface area (Å²) in [4.78, 5) is 36.9. The van der Waals surface area contributed by atoms with Gasteiger partial charge >= 0.3 is 0 Å². The molecule has 0 spiro atoms. The number of rotatable bonds is 14. The molecule has 6 aromatic rings. The van der Waals surface area contributed by atoms with Crippen LogP contribution in [0.2, 0.25) is 0 Å². The Morgan fingerprint density at radius 3 is 1.29 bits per heavy atom. The van der Waals surface area contributed by atoms with Gasteiger partial charge in [0.2, 0.25) is 0 Å². The van der Waals surface area contributed by atoms with Crippen molar-refractivity contribution in [2.45, 2.75) is 46.0 Å². The van der Waals surface area contributed by atoms with E-state index in [0.29, 0.717) is 24.2 Å². The van der Waals surface area contributed by atoms with Crippen molar-refractivity contribution in [2.24, 2.45) is 0 Å². The van der Waals surface area contributed by atoms with Crippen LogP contribution in [0.5, 0.6) is 11.5 Å². The molecule has 2 N–H and O–H groups in total. The molecule has 0 bridgehead atoms. The number of para-hydroxylation sites is 2. The number of methoxy groups -OCH3 is 2. The van der Waals surface area contributed by atoms with Crippen LogP contribution in [0, 0.1) is 13.8 Å². The third-order valence-corrected chi connectivity index (χ3v) is 9.38. The van der Waals surface area contributed by atoms with Crippen LogP contribution in [0.4, 0.5) is 0 Å². The van der Waals surface area contributed by atoms with E-state index in [4.69, 9.17) is 19.4 Å². The van der Waals surface area contributed by atoms with Crippen molar-refractivity contribution < 1.29 is 19.1 Å². The zero-order chi connectivity index (χ0) is 35.7. The van der Waals surface area contributed by atoms with E-state index in [1.165, 1.54) is 0 Å². The SMILES string of the molecule is COc1ccc(-c2nc3ccccc3c(C(=O)NCCCCCCCNC(=O)c3c(C)c(-c4ccc(OC)cc4)nc4ccccc34)c2C)cc1. The quantitative estimate of drug-likeness (QED) is 0.112. The summed E-state index contributed by atoms with van der Waals surface area (Å²) in [5, 5.41) is 7.99. The smallest absolute Gasteiger partial charge is 0.252 e. The Labute approximate surface area is 299 Å². The first-order chi connectivity index (χ1) is 24.9. The van der Waals surface area contributed by atoms with Crippen LogP contribution in [0.15, 0.2) is 97.1 Å². The molecule has 0 aliphatic carbocycles. The second kappa shape index (κ2) is 16.3. The fourth-order valence-electron chi connectivity index (χ4n) is 6.62. The Morgan fingerprint density at radius 1 is 0.529 bits per heavy atom. The first kappa shape index (κ1) is 35.1. The number of carbonyl (C=O) groups is 2. The molecule has 2 amide bonds. The minimum atomic E-state index is -0.0855. The van der Waals surface area contributed by atoms with Crippen LogP contribution in [-0.2, 0) is 0 Å². The molecular formula is C43H44N4O4. The van der Waals surface area contributed by atoms with Gasteiger partial charge in [0.15, 0.2) is 0 Å². The van der Waals surface area contributed by atoms with Crippen molar-refractivity contribution in [3.63, 3.8) is 0 Å². The Hall–Kier alpha value is -5.76. The summed E-state index contributed by atoms with van der Waals surface area (Å²) in [5.74, 6) is 1.37. The standard InChI is InChI=1S/C43H44N4O4/c1-28-38(34-14-8-10-16-36(34)46-40(28)30-18-22-32(50-3)23-19-30)42(48)44-26-12-6-5-7-13-27-45-43(49)39-29(2)41(31-20-24-33(51-4)25-21-31)47-37-17-11-9-15-35(37)39/h8-11,14-25H,5-7,12-13,26-27H2,1-4H3,(H,44,48)(H,45,49). The van der Waals surface area contributed by atoms with E-state index in [1.807, 2.05) is 111 Å². The molecule has 0 aliphatic heterocycles. The van der Waals surface area contributed by atoms with E-state index in [9.17, 15) is 9.59 Å². The lowest BCUT2D eigenvalue weighted by Crippen LogP contribution is -2.26. The molecule has 0 atom stereocenters. The molecule has 4 aromatic carbocycles. The molecule has 0 saturated carbocycles. The van der Waals surface area contributed by atoms with Crippen LogP contribution in [0.3, 0.4) is 0 Å². The van der Waals surface area contributed by atoms with Gasteiger partial charge in [-0.3, -0.25) is 9.59 Å². The van der Waals surface area contributed by atoms with Crippen molar-refractivity contribution >= 4 is 33.6 Å². The van der Waals surface area contributed by atoms with Gasteiger partial charge in [-0.05, 0) is 98.5 Å². The van der Waals surface area contributed by atoms with Crippen LogP contribution in [0.25, 0.3) is 44.3 Å². The zero-order valence-electron chi connectivity index (χ0n) is 29.7. The maximum atomic E-state index is 13.5. The van der Waals surface area contributed by atoms with Gasteiger partial charge in [0, 0.05) is 35.0 Å². The van der Waals surface area contributed by atoms with Gasteiger partial charge in [-0.25, -0.2) is 9.97 Å². The molecule has 0 fully saturated rings. The fraction of sp³-hybridized carbons (Fsp3) is 0.256. The summed E-state index contributed by atoms with van der Waals surface area (Å²) < 4.78 is 10.6. The second-order valence-corrected chi connectivity index (χ2v) is 12.7. The number of ether oxygens (including phenoxy) is 2. The number of fused-ring (bicyclic) bond motifs is 2. The van der Waals surface area contributed by atoms with Gasteiger partial charge in [-0.2, -0.15) is 0 Å². The molecule has 0 saturated heterocycles. The highest BCUT2D eigenvalue weighted by Gasteiger charge is 2.20. The maximum Gasteiger partial charge on any atom is 0.252 e. The minimum absolute atomic E-state index is 0.0855. The molecule has 0 unspecified atom stereocenters. The third kappa shape index (κ3) is 7.86. The highest BCUT2D eigenvalue weighted by atomic mass is 16.5. The van der Waals surface area contributed by atoms with Gasteiger partial charge in [-0.15, -0.1) is 0 Å². The number of nitrogens with zero attached hydrogens (tertiary/aromatic N) is 2. The van der Waals surface area contributed by atoms with Crippen molar-refractivity contribution in [3.8, 4) is 34.0 Å². The van der Waals surface area contributed by atoms with Crippen molar-refractivity contribution in [1.82, 2.24) is 20.6 Å². The summed E-state index contributed by atoms with van der Waals surface area (Å²) in [5.41, 5.74) is 8.06. The number of carbonyl (C=O) groups excluding carboxylic acids is 2. The molecule has 8 nitrogen and oxygen atoms in total. The Balaban J connectivity index is 1.00. The summed E-state index contributed by atoms with van der Waals surface area (Å²) in [6, 6.07) is 31.1. The van der Waals surface area contributed by atoms with Crippen LogP contribution >= 0.6 is 0 Å². The molecule has 2 heterocycles. The van der Waals surface area contributed by atoms with Crippen molar-refractivity contribution in [3.05, 3.63) is 119 Å². The highest BCUT2D eigenvalue weighted by Crippen LogP contribution is 2.32. The summed E-state index contributed by atoms with van der Waals surface area (Å²) >= 11 is 0. The van der Waals surface area contributed by atoms with E-state index < -0.39 is 0 Å². The maximum absolute atomic E-state index is 13.5. The van der Waals surface area contributed by atoms with E-state index in [2.05, 4.69) is 10.6 Å². The molecule has 2 aromatic heterocycles. The molecule has 8 heteroatoms. The first-order valence-electron chi connectivity index (χ1n) is 17.5. The largest absolute Gasteiger partial charge is 0.497 e. The molecular weight excluding hydrogens is 636 g/mol. The van der Waals surface area contributed by atoms with E-state index in [0.717, 1.165) is 99.1 Å². The van der Waals surface area contributed by atoms with E-state index >= 15 is 0 Å². The Kier molecular flexibility index (Phi) is 11.2. The van der Waals surface area contributed by atoms with Crippen molar-refractivity contribution in [2.75, 3.05) is 27.3 Å². The summed E-state index contributed by atoms with van der Waals surface area (Å²) in [6.07, 6.45) is 4.74. The third-order valence-electron chi connectivity index (χ3n) is 9.38. The summed E-state index contributed by atoms with van der Waals surface area (Å²) in [7, 11) is 3.28. The number of nitrogens with one attached hydrogen (secondary N) is 2. The Bertz CT molecular complexity index is 2010. The number of unbranched alkanes of at least 4 members (excludes halogenated alkanes) is 4. The van der Waals surface area contributed by atoms with Gasteiger partial charge < -0.3 is 20.1 Å². The summed E-state index contributed by atoms with van der Waals surface area (Å²) in [6.45, 7) is 5.11. The average Bonchev–Trinajstić information content (AvgIpc) is 3.16. The fourth-order valence-corrected chi connectivity index (χ4v) is 6.62. The molecule has 51 heavy (non-hydrogen) atoms. The van der Waals surface area contributed by atoms with Gasteiger partial charge in [0.25, 0.3) is 11.8 Å². The minimum Gasteiger partial charge on any atom is -0.497 e. The molecule has 6 rings (SSSR count). The van der Waals surface area contributed by atoms with Crippen LogP contribution in [0.1, 0.15) is 63.9 Å². The van der Waals surface area contributed by atoms with Gasteiger partial charge in [0.05, 0.1) is 47.8 Å². The number of amides is 2. The lowest BCUT2D eigenvalue weighted by Gasteiger charge is -2.15. The van der Waals surface area contributed by atoms with E-state index in [1.54, 1.807) is 14.2 Å². The molecule has 0 aliphatic rings.